The Kier molecular flexibility index (Phi) is 2.63. The van der Waals surface area contributed by atoms with Crippen LogP contribution in [0.5, 0.6) is 0 Å². The lowest BCUT2D eigenvalue weighted by Gasteiger charge is -2.05. The summed E-state index contributed by atoms with van der Waals surface area (Å²) in [5.74, 6) is 0. The van der Waals surface area contributed by atoms with Crippen molar-refractivity contribution in [3.63, 3.8) is 0 Å². The molecule has 0 atom stereocenters. The molecule has 0 amide bonds. The highest BCUT2D eigenvalue weighted by Crippen LogP contribution is 2.19. The molecule has 0 spiro atoms. The highest BCUT2D eigenvalue weighted by Gasteiger charge is 2.05. The van der Waals surface area contributed by atoms with Crippen LogP contribution >= 0.6 is 0 Å². The summed E-state index contributed by atoms with van der Waals surface area (Å²) in [5.41, 5.74) is 6.03. The highest BCUT2D eigenvalue weighted by atomic mass is 15.0. The van der Waals surface area contributed by atoms with Crippen molar-refractivity contribution in [3.8, 4) is 0 Å². The second kappa shape index (κ2) is 4.30. The lowest BCUT2D eigenvalue weighted by Crippen LogP contribution is -1.98. The van der Waals surface area contributed by atoms with E-state index in [9.17, 15) is 0 Å². The number of hydrogen-bond donors (Lipinski definition) is 0. The largest absolute Gasteiger partial charge is 0.326 e. The van der Waals surface area contributed by atoms with Gasteiger partial charge in [0.2, 0.25) is 0 Å². The number of aryl methyl sites for hydroxylation is 2. The Labute approximate surface area is 107 Å². The predicted octanol–water partition coefficient (Wildman–Crippen LogP) is 3.50. The van der Waals surface area contributed by atoms with E-state index in [2.05, 4.69) is 47.7 Å². The maximum atomic E-state index is 4.47. The van der Waals surface area contributed by atoms with Crippen LogP contribution in [0.3, 0.4) is 0 Å². The number of fused-ring (bicyclic) bond motifs is 1. The zero-order valence-electron chi connectivity index (χ0n) is 10.6. The van der Waals surface area contributed by atoms with Crippen LogP contribution in [0.15, 0.2) is 42.7 Å². The fraction of sp³-hybridized carbons (Fsp3) is 0.188. The molecular weight excluding hydrogens is 220 g/mol. The fourth-order valence-electron chi connectivity index (χ4n) is 2.15. The van der Waals surface area contributed by atoms with Gasteiger partial charge in [0.15, 0.2) is 0 Å². The summed E-state index contributed by atoms with van der Waals surface area (Å²) < 4.78 is 2.17. The van der Waals surface area contributed by atoms with E-state index in [4.69, 9.17) is 0 Å². The van der Waals surface area contributed by atoms with E-state index in [0.29, 0.717) is 0 Å². The molecule has 0 unspecified atom stereocenters. The van der Waals surface area contributed by atoms with Gasteiger partial charge < -0.3 is 4.57 Å². The first-order chi connectivity index (χ1) is 8.74. The molecule has 1 heterocycles. The smallest absolute Gasteiger partial charge is 0.0961 e. The molecule has 0 fully saturated rings. The molecule has 1 radical (unpaired) electrons. The number of aromatic nitrogens is 2. The molecule has 1 aromatic heterocycles. The van der Waals surface area contributed by atoms with Crippen LogP contribution in [0.2, 0.25) is 0 Å². The Morgan fingerprint density at radius 1 is 1.17 bits per heavy atom. The summed E-state index contributed by atoms with van der Waals surface area (Å²) in [4.78, 5) is 4.47. The maximum absolute atomic E-state index is 4.47. The molecule has 0 N–H and O–H groups in total. The molecule has 0 saturated heterocycles. The van der Waals surface area contributed by atoms with Gasteiger partial charge in [-0.3, -0.25) is 0 Å². The minimum Gasteiger partial charge on any atom is -0.326 e. The van der Waals surface area contributed by atoms with E-state index in [1.54, 1.807) is 0 Å². The second-order valence-electron chi connectivity index (χ2n) is 4.69. The Hall–Kier alpha value is -2.09. The van der Waals surface area contributed by atoms with E-state index in [-0.39, 0.29) is 0 Å². The van der Waals surface area contributed by atoms with Gasteiger partial charge in [-0.1, -0.05) is 24.3 Å². The number of imidazole rings is 1. The molecule has 2 heteroatoms. The normalized spacial score (nSPS) is 11.0. The van der Waals surface area contributed by atoms with Crippen LogP contribution in [0.4, 0.5) is 0 Å². The van der Waals surface area contributed by atoms with Crippen molar-refractivity contribution in [1.29, 1.82) is 0 Å². The highest BCUT2D eigenvalue weighted by molar-refractivity contribution is 5.77. The Balaban J connectivity index is 2.05. The van der Waals surface area contributed by atoms with E-state index >= 15 is 0 Å². The number of hydrogen-bond acceptors (Lipinski definition) is 1. The van der Waals surface area contributed by atoms with Gasteiger partial charge in [0.1, 0.15) is 0 Å². The predicted molar refractivity (Wildman–Crippen MR) is 73.6 cm³/mol. The molecule has 3 aromatic rings. The molecule has 2 nitrogen and oxygen atoms in total. The number of rotatable bonds is 2. The summed E-state index contributed by atoms with van der Waals surface area (Å²) in [7, 11) is 0. The van der Waals surface area contributed by atoms with Crippen molar-refractivity contribution in [2.24, 2.45) is 0 Å². The molecule has 2 aromatic carbocycles. The summed E-state index contributed by atoms with van der Waals surface area (Å²) in [6.07, 6.45) is 1.91. The van der Waals surface area contributed by atoms with E-state index in [1.807, 2.05) is 24.5 Å². The lowest BCUT2D eigenvalue weighted by atomic mass is 10.1. The quantitative estimate of drug-likeness (QED) is 0.664. The Morgan fingerprint density at radius 3 is 2.78 bits per heavy atom. The van der Waals surface area contributed by atoms with E-state index in [0.717, 1.165) is 12.1 Å². The SMILES string of the molecule is Cc1cc2ncn(Cc3[c]cccc3)c2cc1C. The summed E-state index contributed by atoms with van der Waals surface area (Å²) in [6.45, 7) is 5.08. The maximum Gasteiger partial charge on any atom is 0.0961 e. The third kappa shape index (κ3) is 1.90. The first kappa shape index (κ1) is 11.0. The van der Waals surface area contributed by atoms with Crippen molar-refractivity contribution in [1.82, 2.24) is 9.55 Å². The third-order valence-corrected chi connectivity index (χ3v) is 3.35. The van der Waals surface area contributed by atoms with Crippen LogP contribution in [-0.2, 0) is 6.54 Å². The zero-order chi connectivity index (χ0) is 12.5. The monoisotopic (exact) mass is 235 g/mol. The van der Waals surface area contributed by atoms with Crippen LogP contribution < -0.4 is 0 Å². The van der Waals surface area contributed by atoms with Gasteiger partial charge in [0.05, 0.1) is 17.4 Å². The topological polar surface area (TPSA) is 17.8 Å². The van der Waals surface area contributed by atoms with Crippen LogP contribution in [-0.4, -0.2) is 9.55 Å². The van der Waals surface area contributed by atoms with Gasteiger partial charge in [-0.25, -0.2) is 4.98 Å². The Morgan fingerprint density at radius 2 is 2.00 bits per heavy atom. The van der Waals surface area contributed by atoms with Crippen molar-refractivity contribution in [2.75, 3.05) is 0 Å². The van der Waals surface area contributed by atoms with Crippen LogP contribution in [0.25, 0.3) is 11.0 Å². The van der Waals surface area contributed by atoms with Gasteiger partial charge >= 0.3 is 0 Å². The van der Waals surface area contributed by atoms with Crippen molar-refractivity contribution < 1.29 is 0 Å². The average molecular weight is 235 g/mol. The molecule has 0 saturated carbocycles. The standard InChI is InChI=1S/C16H15N2/c1-12-8-15-16(9-13(12)2)18(11-17-15)10-14-6-4-3-5-7-14/h3-6,8-9,11H,10H2,1-2H3. The van der Waals surface area contributed by atoms with Crippen LogP contribution in [0, 0.1) is 19.9 Å². The van der Waals surface area contributed by atoms with Gasteiger partial charge in [-0.05, 0) is 48.7 Å². The summed E-state index contributed by atoms with van der Waals surface area (Å²) in [5, 5.41) is 0. The lowest BCUT2D eigenvalue weighted by molar-refractivity contribution is 0.823. The summed E-state index contributed by atoms with van der Waals surface area (Å²) >= 11 is 0. The molecular formula is C16H15N2. The van der Waals surface area contributed by atoms with Crippen molar-refractivity contribution >= 4 is 11.0 Å². The second-order valence-corrected chi connectivity index (χ2v) is 4.69. The first-order valence-electron chi connectivity index (χ1n) is 6.12. The van der Waals surface area contributed by atoms with Gasteiger partial charge in [-0.15, -0.1) is 0 Å². The molecule has 0 bridgehead atoms. The van der Waals surface area contributed by atoms with E-state index in [1.165, 1.54) is 22.2 Å². The number of nitrogens with zero attached hydrogens (tertiary/aromatic N) is 2. The molecule has 18 heavy (non-hydrogen) atoms. The minimum absolute atomic E-state index is 0.819. The van der Waals surface area contributed by atoms with Crippen LogP contribution in [0.1, 0.15) is 16.7 Å². The number of benzene rings is 2. The summed E-state index contributed by atoms with van der Waals surface area (Å²) in [6, 6.07) is 15.7. The molecule has 0 aliphatic heterocycles. The molecule has 3 rings (SSSR count). The minimum atomic E-state index is 0.819. The fourth-order valence-corrected chi connectivity index (χ4v) is 2.15. The molecule has 89 valence electrons. The first-order valence-corrected chi connectivity index (χ1v) is 6.12. The van der Waals surface area contributed by atoms with Gasteiger partial charge in [0.25, 0.3) is 0 Å². The van der Waals surface area contributed by atoms with E-state index < -0.39 is 0 Å². The zero-order valence-corrected chi connectivity index (χ0v) is 10.6. The molecule has 0 aliphatic rings. The molecule has 0 aliphatic carbocycles. The van der Waals surface area contributed by atoms with Gasteiger partial charge in [-0.2, -0.15) is 0 Å². The average Bonchev–Trinajstić information content (AvgIpc) is 2.74. The van der Waals surface area contributed by atoms with Gasteiger partial charge in [0, 0.05) is 6.54 Å². The van der Waals surface area contributed by atoms with Crippen molar-refractivity contribution in [2.45, 2.75) is 20.4 Å². The van der Waals surface area contributed by atoms with Crippen molar-refractivity contribution in [3.05, 3.63) is 65.5 Å². The Bertz CT molecular complexity index is 681. The third-order valence-electron chi connectivity index (χ3n) is 3.35.